The number of fused-ring (bicyclic) bond motifs is 1. The number of methoxy groups -OCH3 is 1. The van der Waals surface area contributed by atoms with Crippen LogP contribution in [0.25, 0.3) is 22.3 Å². The quantitative estimate of drug-likeness (QED) is 0.160. The number of nitrogens with zero attached hydrogens (tertiary/aromatic N) is 5. The highest BCUT2D eigenvalue weighted by molar-refractivity contribution is 5.93. The molecule has 1 aliphatic carbocycles. The third kappa shape index (κ3) is 6.22. The molecule has 0 unspecified atom stereocenters. The van der Waals surface area contributed by atoms with E-state index < -0.39 is 17.6 Å². The molecule has 2 aromatic heterocycles. The first kappa shape index (κ1) is 29.5. The van der Waals surface area contributed by atoms with E-state index >= 15 is 4.39 Å². The number of benzene rings is 3. The van der Waals surface area contributed by atoms with Crippen molar-refractivity contribution in [2.75, 3.05) is 7.11 Å². The third-order valence-corrected chi connectivity index (χ3v) is 8.11. The van der Waals surface area contributed by atoms with Crippen LogP contribution < -0.4 is 4.74 Å². The molecule has 0 amide bonds. The smallest absolute Gasteiger partial charge is 0.337 e. The normalized spacial score (nSPS) is 13.2. The lowest BCUT2D eigenvalue weighted by Gasteiger charge is -2.16. The van der Waals surface area contributed by atoms with Crippen LogP contribution in [0, 0.1) is 39.7 Å². The maximum Gasteiger partial charge on any atom is 0.337 e. The Hall–Kier alpha value is -5.61. The Morgan fingerprint density at radius 2 is 1.84 bits per heavy atom. The van der Waals surface area contributed by atoms with Crippen LogP contribution in [0.15, 0.2) is 72.8 Å². The summed E-state index contributed by atoms with van der Waals surface area (Å²) in [6.07, 6.45) is 2.61. The first-order valence-electron chi connectivity index (χ1n) is 14.3. The van der Waals surface area contributed by atoms with E-state index in [1.165, 1.54) is 25.3 Å². The van der Waals surface area contributed by atoms with Gasteiger partial charge in [-0.1, -0.05) is 18.2 Å². The van der Waals surface area contributed by atoms with Gasteiger partial charge in [-0.3, -0.25) is 0 Å². The molecule has 0 spiro atoms. The summed E-state index contributed by atoms with van der Waals surface area (Å²) in [5, 5.41) is 18.3. The molecule has 10 heteroatoms. The standard InChI is InChI=1S/C35H27F2N5O3/c1-44-34(43)24-8-10-30-31(18-24)42(21-35(11-12-35)13-14-38)32(40-30)17-22-6-9-26(28(37)15-22)29-3-2-4-33(41-29)45-20-25-7-5-23(19-39)16-27(25)36/h2-10,15-16,18H,11-13,17,20-21H2,1H3. The summed E-state index contributed by atoms with van der Waals surface area (Å²) in [5.74, 6) is -0.583. The van der Waals surface area contributed by atoms with Gasteiger partial charge in [-0.2, -0.15) is 10.5 Å². The molecule has 5 aromatic rings. The Morgan fingerprint density at radius 3 is 2.56 bits per heavy atom. The number of hydrogen-bond acceptors (Lipinski definition) is 7. The monoisotopic (exact) mass is 603 g/mol. The topological polar surface area (TPSA) is 114 Å². The fourth-order valence-electron chi connectivity index (χ4n) is 5.39. The fourth-order valence-corrected chi connectivity index (χ4v) is 5.39. The SMILES string of the molecule is COC(=O)c1ccc2nc(Cc3ccc(-c4cccc(OCc5ccc(C#N)cc5F)n4)c(F)c3)n(CC3(CC#N)CC3)c2c1. The summed E-state index contributed by atoms with van der Waals surface area (Å²) < 4.78 is 42.4. The van der Waals surface area contributed by atoms with Gasteiger partial charge in [-0.25, -0.2) is 23.5 Å². The first-order chi connectivity index (χ1) is 21.8. The van der Waals surface area contributed by atoms with E-state index in [1.54, 1.807) is 42.5 Å². The van der Waals surface area contributed by atoms with Crippen LogP contribution in [0.5, 0.6) is 5.88 Å². The highest BCUT2D eigenvalue weighted by atomic mass is 19.1. The highest BCUT2D eigenvalue weighted by Gasteiger charge is 2.43. The van der Waals surface area contributed by atoms with Crippen LogP contribution >= 0.6 is 0 Å². The second-order valence-electron chi connectivity index (χ2n) is 11.2. The van der Waals surface area contributed by atoms with Crippen molar-refractivity contribution >= 4 is 17.0 Å². The molecule has 224 valence electrons. The predicted molar refractivity (Wildman–Crippen MR) is 161 cm³/mol. The maximum atomic E-state index is 15.5. The average molecular weight is 604 g/mol. The van der Waals surface area contributed by atoms with Crippen molar-refractivity contribution in [2.24, 2.45) is 5.41 Å². The van der Waals surface area contributed by atoms with Gasteiger partial charge in [0.1, 0.15) is 24.1 Å². The zero-order valence-corrected chi connectivity index (χ0v) is 24.4. The molecule has 1 saturated carbocycles. The number of esters is 1. The average Bonchev–Trinajstić information content (AvgIpc) is 3.73. The Balaban J connectivity index is 1.25. The lowest BCUT2D eigenvalue weighted by molar-refractivity contribution is 0.0601. The van der Waals surface area contributed by atoms with Crippen molar-refractivity contribution in [3.8, 4) is 29.3 Å². The molecule has 8 nitrogen and oxygen atoms in total. The van der Waals surface area contributed by atoms with Gasteiger partial charge < -0.3 is 14.0 Å². The Bertz CT molecular complexity index is 2020. The molecule has 0 saturated heterocycles. The Morgan fingerprint density at radius 1 is 1.00 bits per heavy atom. The van der Waals surface area contributed by atoms with Crippen molar-refractivity contribution in [1.29, 1.82) is 10.5 Å². The van der Waals surface area contributed by atoms with Crippen molar-refractivity contribution < 1.29 is 23.0 Å². The molecule has 0 radical (unpaired) electrons. The number of aromatic nitrogens is 3. The minimum absolute atomic E-state index is 0.104. The predicted octanol–water partition coefficient (Wildman–Crippen LogP) is 6.90. The van der Waals surface area contributed by atoms with Crippen LogP contribution in [-0.4, -0.2) is 27.6 Å². The number of carbonyl (C=O) groups excluding carboxylic acids is 1. The van der Waals surface area contributed by atoms with Crippen molar-refractivity contribution in [1.82, 2.24) is 14.5 Å². The molecule has 3 aromatic carbocycles. The van der Waals surface area contributed by atoms with Crippen LogP contribution in [0.3, 0.4) is 0 Å². The van der Waals surface area contributed by atoms with Gasteiger partial charge in [0.15, 0.2) is 0 Å². The summed E-state index contributed by atoms with van der Waals surface area (Å²) in [7, 11) is 1.33. The molecule has 2 heterocycles. The number of imidazole rings is 1. The van der Waals surface area contributed by atoms with Crippen molar-refractivity contribution in [2.45, 2.75) is 38.8 Å². The van der Waals surface area contributed by atoms with E-state index in [0.717, 1.165) is 24.4 Å². The molecule has 1 fully saturated rings. The van der Waals surface area contributed by atoms with Gasteiger partial charge in [0.05, 0.1) is 47.1 Å². The molecule has 6 rings (SSSR count). The van der Waals surface area contributed by atoms with Crippen LogP contribution in [-0.2, 0) is 24.3 Å². The van der Waals surface area contributed by atoms with Gasteiger partial charge in [-0.15, -0.1) is 0 Å². The molecular formula is C35H27F2N5O3. The summed E-state index contributed by atoms with van der Waals surface area (Å²) in [5.41, 5.74) is 3.52. The van der Waals surface area contributed by atoms with Gasteiger partial charge in [0, 0.05) is 42.0 Å². The third-order valence-electron chi connectivity index (χ3n) is 8.11. The summed E-state index contributed by atoms with van der Waals surface area (Å²) in [6, 6.07) is 23.4. The maximum absolute atomic E-state index is 15.5. The van der Waals surface area contributed by atoms with Gasteiger partial charge in [0.2, 0.25) is 5.88 Å². The molecule has 1 aliphatic rings. The molecule has 45 heavy (non-hydrogen) atoms. The molecule has 0 aliphatic heterocycles. The minimum atomic E-state index is -0.554. The van der Waals surface area contributed by atoms with Crippen molar-refractivity contribution in [3.05, 3.63) is 113 Å². The number of halogens is 2. The van der Waals surface area contributed by atoms with E-state index in [1.807, 2.05) is 16.7 Å². The van der Waals surface area contributed by atoms with E-state index in [0.29, 0.717) is 47.5 Å². The second-order valence-corrected chi connectivity index (χ2v) is 11.2. The minimum Gasteiger partial charge on any atom is -0.473 e. The number of pyridine rings is 1. The second kappa shape index (κ2) is 12.2. The van der Waals surface area contributed by atoms with E-state index in [2.05, 4.69) is 11.1 Å². The van der Waals surface area contributed by atoms with Crippen LogP contribution in [0.1, 0.15) is 52.1 Å². The van der Waals surface area contributed by atoms with E-state index in [-0.39, 0.29) is 34.6 Å². The van der Waals surface area contributed by atoms with Crippen LogP contribution in [0.4, 0.5) is 8.78 Å². The number of nitriles is 2. The number of hydrogen-bond donors (Lipinski definition) is 0. The van der Waals surface area contributed by atoms with E-state index in [9.17, 15) is 14.4 Å². The lowest BCUT2D eigenvalue weighted by atomic mass is 10.0. The molecule has 0 atom stereocenters. The number of carbonyl (C=O) groups is 1. The lowest BCUT2D eigenvalue weighted by Crippen LogP contribution is -2.14. The number of ether oxygens (including phenoxy) is 2. The van der Waals surface area contributed by atoms with Gasteiger partial charge in [0.25, 0.3) is 0 Å². The molecule has 0 N–H and O–H groups in total. The van der Waals surface area contributed by atoms with Gasteiger partial charge in [-0.05, 0) is 66.9 Å². The number of rotatable bonds is 10. The van der Waals surface area contributed by atoms with E-state index in [4.69, 9.17) is 19.7 Å². The zero-order chi connectivity index (χ0) is 31.6. The largest absolute Gasteiger partial charge is 0.473 e. The first-order valence-corrected chi connectivity index (χ1v) is 14.3. The van der Waals surface area contributed by atoms with Crippen LogP contribution in [0.2, 0.25) is 0 Å². The summed E-state index contributed by atoms with van der Waals surface area (Å²) in [4.78, 5) is 21.5. The van der Waals surface area contributed by atoms with Gasteiger partial charge >= 0.3 is 5.97 Å². The Labute approximate surface area is 258 Å². The molecule has 0 bridgehead atoms. The molecular weight excluding hydrogens is 576 g/mol. The summed E-state index contributed by atoms with van der Waals surface area (Å²) >= 11 is 0. The highest BCUT2D eigenvalue weighted by Crippen LogP contribution is 2.50. The Kier molecular flexibility index (Phi) is 7.97. The summed E-state index contributed by atoms with van der Waals surface area (Å²) in [6.45, 7) is 0.466. The fraction of sp³-hybridized carbons (Fsp3) is 0.229. The zero-order valence-electron chi connectivity index (χ0n) is 24.4. The van der Waals surface area contributed by atoms with Crippen molar-refractivity contribution in [3.63, 3.8) is 0 Å².